The van der Waals surface area contributed by atoms with Crippen molar-refractivity contribution in [2.24, 2.45) is 0 Å². The molecule has 0 saturated carbocycles. The Hall–Kier alpha value is -2.21. The maximum atomic E-state index is 4.63. The van der Waals surface area contributed by atoms with E-state index in [4.69, 9.17) is 0 Å². The number of aromatic amines is 1. The first-order valence-corrected chi connectivity index (χ1v) is 6.79. The molecule has 5 nitrogen and oxygen atoms in total. The van der Waals surface area contributed by atoms with Crippen molar-refractivity contribution in [3.05, 3.63) is 35.8 Å². The third kappa shape index (κ3) is 1.57. The zero-order valence-electron chi connectivity index (χ0n) is 10.5. The fourth-order valence-corrected chi connectivity index (χ4v) is 3.18. The summed E-state index contributed by atoms with van der Waals surface area (Å²) in [7, 11) is 0. The number of H-pyrrole nitrogens is 1. The third-order valence-electron chi connectivity index (χ3n) is 3.11. The maximum Gasteiger partial charge on any atom is 0.156 e. The Bertz CT molecular complexity index is 870. The number of imidazole rings is 1. The van der Waals surface area contributed by atoms with E-state index in [9.17, 15) is 0 Å². The lowest BCUT2D eigenvalue weighted by Crippen LogP contribution is -1.95. The van der Waals surface area contributed by atoms with Crippen molar-refractivity contribution >= 4 is 27.2 Å². The fraction of sp³-hybridized carbons (Fsp3) is 0.154. The first-order chi connectivity index (χ1) is 9.20. The van der Waals surface area contributed by atoms with Crippen molar-refractivity contribution in [2.75, 3.05) is 0 Å². The van der Waals surface area contributed by atoms with Gasteiger partial charge in [0.15, 0.2) is 5.65 Å². The highest BCUT2D eigenvalue weighted by Gasteiger charge is 2.10. The summed E-state index contributed by atoms with van der Waals surface area (Å²) >= 11 is 1.67. The largest absolute Gasteiger partial charge is 0.268 e. The second-order valence-electron chi connectivity index (χ2n) is 4.63. The highest BCUT2D eigenvalue weighted by molar-refractivity contribution is 7.21. The van der Waals surface area contributed by atoms with Crippen molar-refractivity contribution in [1.29, 1.82) is 0 Å². The molecule has 6 heteroatoms. The van der Waals surface area contributed by atoms with Crippen LogP contribution in [-0.2, 0) is 0 Å². The fourth-order valence-electron chi connectivity index (χ4n) is 2.24. The monoisotopic (exact) mass is 269 g/mol. The molecule has 0 aliphatic carbocycles. The number of nitrogens with one attached hydrogen (secondary N) is 1. The average molecular weight is 269 g/mol. The van der Waals surface area contributed by atoms with Crippen LogP contribution in [0.3, 0.4) is 0 Å². The second kappa shape index (κ2) is 3.64. The van der Waals surface area contributed by atoms with Gasteiger partial charge in [0.1, 0.15) is 10.5 Å². The van der Waals surface area contributed by atoms with E-state index in [0.717, 1.165) is 37.7 Å². The number of hydrogen-bond donors (Lipinski definition) is 1. The van der Waals surface area contributed by atoms with Gasteiger partial charge in [-0.2, -0.15) is 10.2 Å². The van der Waals surface area contributed by atoms with E-state index in [2.05, 4.69) is 39.3 Å². The summed E-state index contributed by atoms with van der Waals surface area (Å²) < 4.78 is 1.85. The molecule has 0 spiro atoms. The quantitative estimate of drug-likeness (QED) is 0.578. The normalized spacial score (nSPS) is 11.7. The van der Waals surface area contributed by atoms with Crippen LogP contribution in [0.4, 0.5) is 0 Å². The lowest BCUT2D eigenvalue weighted by molar-refractivity contribution is 0.935. The molecule has 4 aromatic heterocycles. The van der Waals surface area contributed by atoms with E-state index in [1.54, 1.807) is 11.3 Å². The van der Waals surface area contributed by atoms with Gasteiger partial charge in [-0.05, 0) is 31.5 Å². The number of hydrogen-bond acceptors (Lipinski definition) is 4. The van der Waals surface area contributed by atoms with Crippen molar-refractivity contribution in [2.45, 2.75) is 13.8 Å². The summed E-state index contributed by atoms with van der Waals surface area (Å²) in [6.45, 7) is 4.04. The van der Waals surface area contributed by atoms with Crippen LogP contribution < -0.4 is 0 Å². The van der Waals surface area contributed by atoms with Crippen LogP contribution in [0.15, 0.2) is 24.5 Å². The summed E-state index contributed by atoms with van der Waals surface area (Å²) in [5.41, 5.74) is 4.01. The van der Waals surface area contributed by atoms with E-state index in [0.29, 0.717) is 0 Å². The van der Waals surface area contributed by atoms with Gasteiger partial charge in [0, 0.05) is 5.39 Å². The lowest BCUT2D eigenvalue weighted by atomic mass is 10.2. The molecular weight excluding hydrogens is 258 g/mol. The molecule has 94 valence electrons. The summed E-state index contributed by atoms with van der Waals surface area (Å²) in [5, 5.41) is 12.8. The highest BCUT2D eigenvalue weighted by atomic mass is 32.1. The van der Waals surface area contributed by atoms with E-state index in [1.807, 2.05) is 23.8 Å². The average Bonchev–Trinajstić information content (AvgIpc) is 3.00. The number of fused-ring (bicyclic) bond motifs is 2. The van der Waals surface area contributed by atoms with Gasteiger partial charge in [0.25, 0.3) is 0 Å². The lowest BCUT2D eigenvalue weighted by Gasteiger charge is -2.01. The summed E-state index contributed by atoms with van der Waals surface area (Å²) in [5.74, 6) is 0. The molecular formula is C13H11N5S. The van der Waals surface area contributed by atoms with Gasteiger partial charge in [-0.3, -0.25) is 5.10 Å². The van der Waals surface area contributed by atoms with Gasteiger partial charge in [-0.15, -0.1) is 11.3 Å². The smallest absolute Gasteiger partial charge is 0.156 e. The van der Waals surface area contributed by atoms with Crippen LogP contribution >= 0.6 is 11.3 Å². The number of thiophene rings is 1. The Labute approximate surface area is 112 Å². The minimum absolute atomic E-state index is 0.921. The Morgan fingerprint density at radius 2 is 2.16 bits per heavy atom. The molecule has 0 atom stereocenters. The molecule has 19 heavy (non-hydrogen) atoms. The molecule has 4 rings (SSSR count). The Kier molecular flexibility index (Phi) is 2.05. The second-order valence-corrected chi connectivity index (χ2v) is 5.68. The van der Waals surface area contributed by atoms with Crippen LogP contribution in [-0.4, -0.2) is 24.8 Å². The SMILES string of the molecule is Cc1cn2nc(-c3cc4cn[nH]c4s3)cc(C)c2n1. The minimum atomic E-state index is 0.921. The van der Waals surface area contributed by atoms with Gasteiger partial charge in [-0.1, -0.05) is 0 Å². The molecule has 4 heterocycles. The Morgan fingerprint density at radius 1 is 1.26 bits per heavy atom. The van der Waals surface area contributed by atoms with Crippen molar-refractivity contribution in [3.8, 4) is 10.6 Å². The predicted molar refractivity (Wildman–Crippen MR) is 75.4 cm³/mol. The molecule has 0 saturated heterocycles. The topological polar surface area (TPSA) is 58.9 Å². The van der Waals surface area contributed by atoms with Gasteiger partial charge in [0.05, 0.1) is 23.0 Å². The molecule has 4 aromatic rings. The molecule has 1 N–H and O–H groups in total. The molecule has 0 fully saturated rings. The van der Waals surface area contributed by atoms with Crippen LogP contribution in [0.5, 0.6) is 0 Å². The molecule has 0 aliphatic rings. The van der Waals surface area contributed by atoms with E-state index < -0.39 is 0 Å². The Morgan fingerprint density at radius 3 is 3.00 bits per heavy atom. The van der Waals surface area contributed by atoms with Crippen molar-refractivity contribution < 1.29 is 0 Å². The zero-order chi connectivity index (χ0) is 13.0. The summed E-state index contributed by atoms with van der Waals surface area (Å²) in [4.78, 5) is 6.69. The molecule has 0 aliphatic heterocycles. The number of nitrogens with zero attached hydrogens (tertiary/aromatic N) is 4. The number of aryl methyl sites for hydroxylation is 2. The van der Waals surface area contributed by atoms with Crippen molar-refractivity contribution in [3.63, 3.8) is 0 Å². The van der Waals surface area contributed by atoms with E-state index in [-0.39, 0.29) is 0 Å². The van der Waals surface area contributed by atoms with Gasteiger partial charge in [-0.25, -0.2) is 9.50 Å². The molecule has 0 radical (unpaired) electrons. The third-order valence-corrected chi connectivity index (χ3v) is 4.19. The predicted octanol–water partition coefficient (Wildman–Crippen LogP) is 2.95. The van der Waals surface area contributed by atoms with E-state index in [1.165, 1.54) is 0 Å². The Balaban J connectivity index is 1.97. The van der Waals surface area contributed by atoms with Crippen molar-refractivity contribution in [1.82, 2.24) is 24.8 Å². The number of aromatic nitrogens is 5. The zero-order valence-corrected chi connectivity index (χ0v) is 11.3. The molecule has 0 aromatic carbocycles. The summed E-state index contributed by atoms with van der Waals surface area (Å²) in [6, 6.07) is 4.20. The van der Waals surface area contributed by atoms with Crippen LogP contribution in [0.2, 0.25) is 0 Å². The standard InChI is InChI=1S/C13H11N5S/c1-7-3-10(17-18-6-8(2)15-12(7)18)11-4-9-5-14-16-13(9)19-11/h3-6H,1-2H3,(H,14,16). The minimum Gasteiger partial charge on any atom is -0.268 e. The van der Waals surface area contributed by atoms with Crippen LogP contribution in [0.25, 0.3) is 26.4 Å². The molecule has 0 bridgehead atoms. The first-order valence-electron chi connectivity index (χ1n) is 5.97. The summed E-state index contributed by atoms with van der Waals surface area (Å²) in [6.07, 6.45) is 3.79. The van der Waals surface area contributed by atoms with Crippen LogP contribution in [0, 0.1) is 13.8 Å². The van der Waals surface area contributed by atoms with E-state index >= 15 is 0 Å². The molecule has 0 unspecified atom stereocenters. The maximum absolute atomic E-state index is 4.63. The van der Waals surface area contributed by atoms with Gasteiger partial charge < -0.3 is 0 Å². The number of rotatable bonds is 1. The molecule has 0 amide bonds. The first kappa shape index (κ1) is 10.7. The highest BCUT2D eigenvalue weighted by Crippen LogP contribution is 2.31. The van der Waals surface area contributed by atoms with Crippen LogP contribution in [0.1, 0.15) is 11.3 Å². The van der Waals surface area contributed by atoms with Gasteiger partial charge in [0.2, 0.25) is 0 Å². The van der Waals surface area contributed by atoms with Gasteiger partial charge >= 0.3 is 0 Å².